The number of halogens is 1. The van der Waals surface area contributed by atoms with Gasteiger partial charge in [0.05, 0.1) is 17.3 Å². The second kappa shape index (κ2) is 5.61. The Balaban J connectivity index is 1.50. The molecule has 0 spiro atoms. The fourth-order valence-corrected chi connectivity index (χ4v) is 2.92. The lowest BCUT2D eigenvalue weighted by Gasteiger charge is -2.26. The van der Waals surface area contributed by atoms with E-state index in [0.29, 0.717) is 30.3 Å². The van der Waals surface area contributed by atoms with E-state index in [9.17, 15) is 9.18 Å². The van der Waals surface area contributed by atoms with Crippen molar-refractivity contribution in [2.24, 2.45) is 0 Å². The molecule has 0 radical (unpaired) electrons. The minimum Gasteiger partial charge on any atom is -0.491 e. The smallest absolute Gasteiger partial charge is 0.255 e. The second-order valence-corrected chi connectivity index (χ2v) is 6.03. The first-order chi connectivity index (χ1) is 11.2. The predicted octanol–water partition coefficient (Wildman–Crippen LogP) is 2.23. The number of benzene rings is 1. The maximum Gasteiger partial charge on any atom is 0.255 e. The highest BCUT2D eigenvalue weighted by Crippen LogP contribution is 2.40. The fourth-order valence-electron chi connectivity index (χ4n) is 2.92. The molecule has 1 N–H and O–H groups in total. The van der Waals surface area contributed by atoms with Gasteiger partial charge in [0.15, 0.2) is 0 Å². The number of carbonyl (C=O) groups is 1. The molecule has 118 valence electrons. The van der Waals surface area contributed by atoms with Crippen molar-refractivity contribution < 1.29 is 13.9 Å². The fraction of sp³-hybridized carbons (Fsp3) is 0.353. The quantitative estimate of drug-likeness (QED) is 0.944. The molecule has 2 aromatic rings. The van der Waals surface area contributed by atoms with Crippen LogP contribution in [0.15, 0.2) is 30.7 Å². The van der Waals surface area contributed by atoms with Crippen LogP contribution in [0.2, 0.25) is 0 Å². The van der Waals surface area contributed by atoms with E-state index in [1.165, 1.54) is 18.5 Å². The van der Waals surface area contributed by atoms with E-state index in [1.807, 2.05) is 0 Å². The molecular formula is C17H16FN3O2. The number of hydrogen-bond donors (Lipinski definition) is 1. The molecule has 0 bridgehead atoms. The normalized spacial score (nSPS) is 19.6. The molecule has 1 atom stereocenters. The summed E-state index contributed by atoms with van der Waals surface area (Å²) in [5.41, 5.74) is 2.12. The highest BCUT2D eigenvalue weighted by atomic mass is 19.1. The minimum absolute atomic E-state index is 0.191. The lowest BCUT2D eigenvalue weighted by Crippen LogP contribution is -2.43. The average molecular weight is 313 g/mol. The van der Waals surface area contributed by atoms with Gasteiger partial charge in [-0.2, -0.15) is 0 Å². The first kappa shape index (κ1) is 14.1. The van der Waals surface area contributed by atoms with E-state index in [4.69, 9.17) is 4.74 Å². The van der Waals surface area contributed by atoms with Crippen LogP contribution < -0.4 is 10.1 Å². The Hall–Kier alpha value is -2.50. The third-order valence-electron chi connectivity index (χ3n) is 4.22. The molecule has 6 heteroatoms. The summed E-state index contributed by atoms with van der Waals surface area (Å²) in [6.07, 6.45) is 5.72. The molecule has 1 aromatic carbocycles. The highest BCUT2D eigenvalue weighted by molar-refractivity contribution is 5.95. The Morgan fingerprint density at radius 3 is 3.04 bits per heavy atom. The molecule has 5 nitrogen and oxygen atoms in total. The van der Waals surface area contributed by atoms with Crippen molar-refractivity contribution >= 4 is 5.91 Å². The van der Waals surface area contributed by atoms with Gasteiger partial charge in [0.25, 0.3) is 5.91 Å². The van der Waals surface area contributed by atoms with E-state index in [-0.39, 0.29) is 17.8 Å². The van der Waals surface area contributed by atoms with Crippen LogP contribution in [0.4, 0.5) is 4.39 Å². The molecule has 0 saturated heterocycles. The van der Waals surface area contributed by atoms with Crippen molar-refractivity contribution in [2.45, 2.75) is 31.2 Å². The Bertz CT molecular complexity index is 761. The van der Waals surface area contributed by atoms with Crippen LogP contribution in [0, 0.1) is 5.82 Å². The summed E-state index contributed by atoms with van der Waals surface area (Å²) in [4.78, 5) is 20.7. The van der Waals surface area contributed by atoms with Gasteiger partial charge in [-0.1, -0.05) is 0 Å². The van der Waals surface area contributed by atoms with Crippen LogP contribution in [0.3, 0.4) is 0 Å². The molecule has 1 saturated carbocycles. The minimum atomic E-state index is -0.299. The number of nitrogens with one attached hydrogen (secondary N) is 1. The number of nitrogens with zero attached hydrogens (tertiary/aromatic N) is 2. The Kier molecular flexibility index (Phi) is 3.44. The molecule has 1 aliphatic heterocycles. The lowest BCUT2D eigenvalue weighted by molar-refractivity contribution is 0.0913. The van der Waals surface area contributed by atoms with Crippen molar-refractivity contribution in [2.75, 3.05) is 6.61 Å². The monoisotopic (exact) mass is 313 g/mol. The third kappa shape index (κ3) is 2.88. The summed E-state index contributed by atoms with van der Waals surface area (Å²) >= 11 is 0. The number of amides is 1. The van der Waals surface area contributed by atoms with Crippen molar-refractivity contribution in [3.63, 3.8) is 0 Å². The molecule has 1 aromatic heterocycles. The van der Waals surface area contributed by atoms with E-state index in [0.717, 1.165) is 24.1 Å². The molecule has 2 heterocycles. The topological polar surface area (TPSA) is 64.1 Å². The number of ether oxygens (including phenoxy) is 1. The molecular weight excluding hydrogens is 297 g/mol. The molecule has 1 amide bonds. The zero-order chi connectivity index (χ0) is 15.8. The maximum atomic E-state index is 13.3. The van der Waals surface area contributed by atoms with Gasteiger partial charge >= 0.3 is 0 Å². The number of aromatic nitrogens is 2. The number of hydrogen-bond acceptors (Lipinski definition) is 4. The molecule has 0 unspecified atom stereocenters. The van der Waals surface area contributed by atoms with Gasteiger partial charge < -0.3 is 10.1 Å². The first-order valence-electron chi connectivity index (χ1n) is 7.72. The first-order valence-corrected chi connectivity index (χ1v) is 7.72. The van der Waals surface area contributed by atoms with Gasteiger partial charge in [0.2, 0.25) is 0 Å². The average Bonchev–Trinajstić information content (AvgIpc) is 3.39. The van der Waals surface area contributed by atoms with Crippen molar-refractivity contribution in [3.8, 4) is 5.75 Å². The molecule has 1 fully saturated rings. The summed E-state index contributed by atoms with van der Waals surface area (Å²) in [5.74, 6) is 0.558. The van der Waals surface area contributed by atoms with Crippen LogP contribution in [0.25, 0.3) is 0 Å². The SMILES string of the molecule is O=C(N[C@@H]1COc2ccc(F)cc2C1)c1cncnc1C1CC1. The summed E-state index contributed by atoms with van der Waals surface area (Å²) in [5, 5.41) is 2.95. The van der Waals surface area contributed by atoms with Crippen molar-refractivity contribution in [1.29, 1.82) is 0 Å². The summed E-state index contributed by atoms with van der Waals surface area (Å²) < 4.78 is 18.9. The number of fused-ring (bicyclic) bond motifs is 1. The molecule has 1 aliphatic carbocycles. The largest absolute Gasteiger partial charge is 0.491 e. The highest BCUT2D eigenvalue weighted by Gasteiger charge is 2.30. The lowest BCUT2D eigenvalue weighted by atomic mass is 10.0. The Morgan fingerprint density at radius 1 is 1.35 bits per heavy atom. The summed E-state index contributed by atoms with van der Waals surface area (Å²) in [7, 11) is 0. The number of carbonyl (C=O) groups excluding carboxylic acids is 1. The number of rotatable bonds is 3. The third-order valence-corrected chi connectivity index (χ3v) is 4.22. The van der Waals surface area contributed by atoms with Gasteiger partial charge in [-0.3, -0.25) is 4.79 Å². The Morgan fingerprint density at radius 2 is 2.22 bits per heavy atom. The van der Waals surface area contributed by atoms with Crippen LogP contribution in [0.1, 0.15) is 40.4 Å². The van der Waals surface area contributed by atoms with Gasteiger partial charge in [0, 0.05) is 12.1 Å². The van der Waals surface area contributed by atoms with Gasteiger partial charge in [-0.15, -0.1) is 0 Å². The molecule has 23 heavy (non-hydrogen) atoms. The van der Waals surface area contributed by atoms with E-state index in [1.54, 1.807) is 12.3 Å². The standard InChI is InChI=1S/C17H16FN3O2/c18-12-3-4-15-11(5-12)6-13(8-23-15)21-17(22)14-7-19-9-20-16(14)10-1-2-10/h3-5,7,9-10,13H,1-2,6,8H2,(H,21,22)/t13-/m0/s1. The van der Waals surface area contributed by atoms with Crippen molar-refractivity contribution in [1.82, 2.24) is 15.3 Å². The molecule has 2 aliphatic rings. The zero-order valence-corrected chi connectivity index (χ0v) is 12.5. The molecule has 4 rings (SSSR count). The van der Waals surface area contributed by atoms with Crippen LogP contribution in [-0.4, -0.2) is 28.5 Å². The van der Waals surface area contributed by atoms with Gasteiger partial charge in [0.1, 0.15) is 24.5 Å². The van der Waals surface area contributed by atoms with E-state index < -0.39 is 0 Å². The van der Waals surface area contributed by atoms with Gasteiger partial charge in [-0.25, -0.2) is 14.4 Å². The predicted molar refractivity (Wildman–Crippen MR) is 80.9 cm³/mol. The van der Waals surface area contributed by atoms with Crippen LogP contribution >= 0.6 is 0 Å². The zero-order valence-electron chi connectivity index (χ0n) is 12.5. The maximum absolute atomic E-state index is 13.3. The second-order valence-electron chi connectivity index (χ2n) is 6.03. The summed E-state index contributed by atoms with van der Waals surface area (Å²) in [6, 6.07) is 4.26. The Labute approximate surface area is 132 Å². The van der Waals surface area contributed by atoms with Gasteiger partial charge in [-0.05, 0) is 43.0 Å². The van der Waals surface area contributed by atoms with Crippen LogP contribution in [-0.2, 0) is 6.42 Å². The van der Waals surface area contributed by atoms with E-state index >= 15 is 0 Å². The van der Waals surface area contributed by atoms with E-state index in [2.05, 4.69) is 15.3 Å². The van der Waals surface area contributed by atoms with Crippen LogP contribution in [0.5, 0.6) is 5.75 Å². The van der Waals surface area contributed by atoms with Crippen molar-refractivity contribution in [3.05, 3.63) is 53.4 Å². The summed E-state index contributed by atoms with van der Waals surface area (Å²) in [6.45, 7) is 0.372.